The highest BCUT2D eigenvalue weighted by Gasteiger charge is 2.26. The fourth-order valence-electron chi connectivity index (χ4n) is 3.67. The van der Waals surface area contributed by atoms with Gasteiger partial charge in [-0.3, -0.25) is 9.59 Å². The van der Waals surface area contributed by atoms with E-state index in [1.165, 1.54) is 30.3 Å². The van der Waals surface area contributed by atoms with Crippen LogP contribution in [0.5, 0.6) is 0 Å². The largest absolute Gasteiger partial charge is 0.378 e. The number of rotatable bonds is 10. The summed E-state index contributed by atoms with van der Waals surface area (Å²) in [6.45, 7) is 0.686. The highest BCUT2D eigenvalue weighted by molar-refractivity contribution is 7.89. The number of nitrogens with one attached hydrogen (secondary N) is 2. The third kappa shape index (κ3) is 6.60. The first-order valence-electron chi connectivity index (χ1n) is 11.1. The Hall–Kier alpha value is -3.40. The maximum absolute atomic E-state index is 13.6. The Labute approximate surface area is 203 Å². The van der Waals surface area contributed by atoms with Gasteiger partial charge in [0.25, 0.3) is 5.91 Å². The van der Waals surface area contributed by atoms with Gasteiger partial charge in [0.15, 0.2) is 5.78 Å². The summed E-state index contributed by atoms with van der Waals surface area (Å²) >= 11 is 0. The first-order chi connectivity index (χ1) is 16.8. The zero-order chi connectivity index (χ0) is 24.8. The van der Waals surface area contributed by atoms with Gasteiger partial charge in [-0.25, -0.2) is 17.5 Å². The van der Waals surface area contributed by atoms with Crippen molar-refractivity contribution in [3.05, 3.63) is 101 Å². The van der Waals surface area contributed by atoms with E-state index in [9.17, 15) is 22.4 Å². The summed E-state index contributed by atoms with van der Waals surface area (Å²) in [7, 11) is -3.68. The average molecular weight is 497 g/mol. The van der Waals surface area contributed by atoms with Gasteiger partial charge in [0.1, 0.15) is 5.82 Å². The van der Waals surface area contributed by atoms with Crippen molar-refractivity contribution in [2.75, 3.05) is 13.2 Å². The van der Waals surface area contributed by atoms with Crippen LogP contribution in [0.3, 0.4) is 0 Å². The highest BCUT2D eigenvalue weighted by atomic mass is 32.2. The van der Waals surface area contributed by atoms with Gasteiger partial charge >= 0.3 is 0 Å². The monoisotopic (exact) mass is 496 g/mol. The molecule has 0 aliphatic carbocycles. The smallest absolute Gasteiger partial charge is 0.251 e. The summed E-state index contributed by atoms with van der Waals surface area (Å²) < 4.78 is 46.0. The molecule has 1 atom stereocenters. The van der Waals surface area contributed by atoms with Crippen LogP contribution in [0.25, 0.3) is 0 Å². The molecule has 0 bridgehead atoms. The molecule has 0 unspecified atom stereocenters. The number of hydrogen-bond donors (Lipinski definition) is 2. The second kappa shape index (κ2) is 10.9. The number of ether oxygens (including phenoxy) is 1. The van der Waals surface area contributed by atoms with Crippen LogP contribution < -0.4 is 10.0 Å². The number of ketones is 1. The van der Waals surface area contributed by atoms with Crippen LogP contribution in [-0.4, -0.2) is 45.4 Å². The number of Topliss-reactive ketones (excluding diaryl/α,β-unsaturated/α-hetero) is 1. The zero-order valence-electron chi connectivity index (χ0n) is 18.8. The molecular weight excluding hydrogens is 471 g/mol. The standard InChI is InChI=1S/C26H25FN2O5S/c27-21-8-4-7-20(15-21)26(31)28-24(13-18-5-2-1-3-6-18)25(30)14-19-9-11-23(12-10-19)35(32,33)29-22-16-34-17-22/h1-12,15,22,24,29H,13-14,16-17H2,(H,28,31)/t24-/m0/s1. The maximum Gasteiger partial charge on any atom is 0.251 e. The summed E-state index contributed by atoms with van der Waals surface area (Å²) in [5, 5.41) is 2.73. The lowest BCUT2D eigenvalue weighted by molar-refractivity contribution is -0.120. The van der Waals surface area contributed by atoms with Crippen LogP contribution >= 0.6 is 0 Å². The number of amides is 1. The van der Waals surface area contributed by atoms with E-state index < -0.39 is 27.8 Å². The molecule has 4 rings (SSSR count). The first-order valence-corrected chi connectivity index (χ1v) is 12.6. The van der Waals surface area contributed by atoms with Crippen molar-refractivity contribution in [1.82, 2.24) is 10.0 Å². The Morgan fingerprint density at radius 3 is 2.29 bits per heavy atom. The molecule has 9 heteroatoms. The van der Waals surface area contributed by atoms with Gasteiger partial charge in [0.05, 0.1) is 30.2 Å². The van der Waals surface area contributed by atoms with Crippen LogP contribution in [0.15, 0.2) is 83.8 Å². The van der Waals surface area contributed by atoms with Gasteiger partial charge < -0.3 is 10.1 Å². The number of sulfonamides is 1. The quantitative estimate of drug-likeness (QED) is 0.449. The molecule has 3 aromatic rings. The molecule has 1 heterocycles. The van der Waals surface area contributed by atoms with E-state index in [1.807, 2.05) is 30.3 Å². The Morgan fingerprint density at radius 2 is 1.66 bits per heavy atom. The van der Waals surface area contributed by atoms with Crippen molar-refractivity contribution in [3.8, 4) is 0 Å². The molecule has 1 aliphatic heterocycles. The summed E-state index contributed by atoms with van der Waals surface area (Å²) in [5.41, 5.74) is 1.59. The van der Waals surface area contributed by atoms with E-state index in [0.717, 1.165) is 11.6 Å². The zero-order valence-corrected chi connectivity index (χ0v) is 19.6. The van der Waals surface area contributed by atoms with Gasteiger partial charge in [0.2, 0.25) is 10.0 Å². The molecule has 0 aromatic heterocycles. The van der Waals surface area contributed by atoms with Crippen LogP contribution in [-0.2, 0) is 32.4 Å². The van der Waals surface area contributed by atoms with Crippen LogP contribution in [0.1, 0.15) is 21.5 Å². The van der Waals surface area contributed by atoms with Crippen LogP contribution in [0.2, 0.25) is 0 Å². The molecule has 7 nitrogen and oxygen atoms in total. The number of halogens is 1. The van der Waals surface area contributed by atoms with Gasteiger partial charge in [-0.05, 0) is 47.9 Å². The fourth-order valence-corrected chi connectivity index (χ4v) is 4.87. The third-order valence-electron chi connectivity index (χ3n) is 5.64. The van der Waals surface area contributed by atoms with E-state index in [-0.39, 0.29) is 35.1 Å². The van der Waals surface area contributed by atoms with Crippen molar-refractivity contribution < 1.29 is 27.1 Å². The van der Waals surface area contributed by atoms with Gasteiger partial charge in [-0.2, -0.15) is 0 Å². The van der Waals surface area contributed by atoms with Crippen LogP contribution in [0, 0.1) is 5.82 Å². The van der Waals surface area contributed by atoms with Crippen molar-refractivity contribution in [2.24, 2.45) is 0 Å². The molecule has 1 amide bonds. The minimum Gasteiger partial charge on any atom is -0.378 e. The minimum absolute atomic E-state index is 0.00878. The summed E-state index contributed by atoms with van der Waals surface area (Å²) in [5.74, 6) is -1.34. The molecule has 3 aromatic carbocycles. The van der Waals surface area contributed by atoms with E-state index in [2.05, 4.69) is 10.0 Å². The Bertz CT molecular complexity index is 1290. The third-order valence-corrected chi connectivity index (χ3v) is 7.17. The number of benzene rings is 3. The Morgan fingerprint density at radius 1 is 0.943 bits per heavy atom. The van der Waals surface area contributed by atoms with Crippen molar-refractivity contribution in [2.45, 2.75) is 29.8 Å². The molecule has 1 fully saturated rings. The normalized spacial score (nSPS) is 14.7. The first kappa shape index (κ1) is 24.7. The molecular formula is C26H25FN2O5S. The van der Waals surface area contributed by atoms with Gasteiger partial charge in [-0.15, -0.1) is 0 Å². The van der Waals surface area contributed by atoms with Crippen molar-refractivity contribution in [1.29, 1.82) is 0 Å². The van der Waals surface area contributed by atoms with Gasteiger partial charge in [-0.1, -0.05) is 48.5 Å². The highest BCUT2D eigenvalue weighted by Crippen LogP contribution is 2.15. The molecule has 182 valence electrons. The van der Waals surface area contributed by atoms with Crippen molar-refractivity contribution >= 4 is 21.7 Å². The lowest BCUT2D eigenvalue weighted by Crippen LogP contribution is -2.48. The minimum atomic E-state index is -3.68. The maximum atomic E-state index is 13.6. The van der Waals surface area contributed by atoms with E-state index in [0.29, 0.717) is 18.8 Å². The summed E-state index contributed by atoms with van der Waals surface area (Å²) in [6.07, 6.45) is 0.256. The second-order valence-corrected chi connectivity index (χ2v) is 10.1. The topological polar surface area (TPSA) is 102 Å². The number of carbonyl (C=O) groups is 2. The lowest BCUT2D eigenvalue weighted by atomic mass is 9.97. The van der Waals surface area contributed by atoms with E-state index in [1.54, 1.807) is 12.1 Å². The average Bonchev–Trinajstić information content (AvgIpc) is 2.82. The number of hydrogen-bond acceptors (Lipinski definition) is 5. The van der Waals surface area contributed by atoms with Gasteiger partial charge in [0, 0.05) is 12.0 Å². The second-order valence-electron chi connectivity index (χ2n) is 8.37. The Balaban J connectivity index is 1.47. The molecule has 0 radical (unpaired) electrons. The van der Waals surface area contributed by atoms with E-state index in [4.69, 9.17) is 4.74 Å². The summed E-state index contributed by atoms with van der Waals surface area (Å²) in [4.78, 5) is 26.0. The molecule has 0 saturated carbocycles. The molecule has 1 aliphatic rings. The summed E-state index contributed by atoms with van der Waals surface area (Å²) in [6, 6.07) is 19.5. The van der Waals surface area contributed by atoms with Crippen LogP contribution in [0.4, 0.5) is 4.39 Å². The predicted molar refractivity (Wildman–Crippen MR) is 128 cm³/mol. The molecule has 1 saturated heterocycles. The molecule has 35 heavy (non-hydrogen) atoms. The van der Waals surface area contributed by atoms with E-state index >= 15 is 0 Å². The number of carbonyl (C=O) groups excluding carboxylic acids is 2. The van der Waals surface area contributed by atoms with Crippen molar-refractivity contribution in [3.63, 3.8) is 0 Å². The lowest BCUT2D eigenvalue weighted by Gasteiger charge is -2.26. The predicted octanol–water partition coefficient (Wildman–Crippen LogP) is 2.66. The Kier molecular flexibility index (Phi) is 7.70. The molecule has 2 N–H and O–H groups in total. The fraction of sp³-hybridized carbons (Fsp3) is 0.231. The SMILES string of the molecule is O=C(N[C@@H](Cc1ccccc1)C(=O)Cc1ccc(S(=O)(=O)NC2COC2)cc1)c1cccc(F)c1. The molecule has 0 spiro atoms.